The Bertz CT molecular complexity index is 915. The zero-order valence-corrected chi connectivity index (χ0v) is 19.4. The SMILES string of the molecule is Cc1ccc(CNC(=O)Cc2ccc(COC(=O)[C@H](C)NC(=O)OC(C)(C)C)cc2)cc1. The average Bonchev–Trinajstić information content (AvgIpc) is 2.71. The molecule has 2 N–H and O–H groups in total. The van der Waals surface area contributed by atoms with Crippen molar-refractivity contribution < 1.29 is 23.9 Å². The number of amides is 2. The molecule has 0 saturated heterocycles. The van der Waals surface area contributed by atoms with Gasteiger partial charge in [-0.3, -0.25) is 4.79 Å². The van der Waals surface area contributed by atoms with Crippen LogP contribution in [0.15, 0.2) is 48.5 Å². The van der Waals surface area contributed by atoms with Crippen LogP contribution in [0, 0.1) is 6.92 Å². The Hall–Kier alpha value is -3.35. The fraction of sp³-hybridized carbons (Fsp3) is 0.400. The van der Waals surface area contributed by atoms with Crippen molar-refractivity contribution >= 4 is 18.0 Å². The van der Waals surface area contributed by atoms with Crippen molar-refractivity contribution in [1.29, 1.82) is 0 Å². The highest BCUT2D eigenvalue weighted by Crippen LogP contribution is 2.09. The summed E-state index contributed by atoms with van der Waals surface area (Å²) in [5, 5.41) is 5.36. The van der Waals surface area contributed by atoms with E-state index >= 15 is 0 Å². The predicted molar refractivity (Wildman–Crippen MR) is 122 cm³/mol. The molecule has 0 aliphatic heterocycles. The van der Waals surface area contributed by atoms with Crippen molar-refractivity contribution in [1.82, 2.24) is 10.6 Å². The lowest BCUT2D eigenvalue weighted by Crippen LogP contribution is -2.42. The molecular weight excluding hydrogens is 408 g/mol. The Labute approximate surface area is 189 Å². The number of alkyl carbamates (subject to hydrolysis) is 1. The Kier molecular flexibility index (Phi) is 8.81. The molecule has 2 aromatic rings. The summed E-state index contributed by atoms with van der Waals surface area (Å²) in [6.45, 7) is 9.34. The Balaban J connectivity index is 1.74. The third-order valence-electron chi connectivity index (χ3n) is 4.47. The smallest absolute Gasteiger partial charge is 0.408 e. The van der Waals surface area contributed by atoms with E-state index in [0.717, 1.165) is 16.7 Å². The third-order valence-corrected chi connectivity index (χ3v) is 4.47. The number of carbonyl (C=O) groups is 3. The highest BCUT2D eigenvalue weighted by Gasteiger charge is 2.21. The van der Waals surface area contributed by atoms with Gasteiger partial charge >= 0.3 is 12.1 Å². The zero-order valence-electron chi connectivity index (χ0n) is 19.4. The second kappa shape index (κ2) is 11.3. The lowest BCUT2D eigenvalue weighted by atomic mass is 10.1. The molecule has 7 nitrogen and oxygen atoms in total. The number of benzene rings is 2. The largest absolute Gasteiger partial charge is 0.459 e. The van der Waals surface area contributed by atoms with Crippen molar-refractivity contribution in [2.75, 3.05) is 0 Å². The van der Waals surface area contributed by atoms with Crippen LogP contribution in [0.4, 0.5) is 4.79 Å². The fourth-order valence-corrected chi connectivity index (χ4v) is 2.73. The molecule has 0 aliphatic carbocycles. The molecule has 2 rings (SSSR count). The summed E-state index contributed by atoms with van der Waals surface area (Å²) in [4.78, 5) is 36.0. The normalized spacial score (nSPS) is 11.9. The van der Waals surface area contributed by atoms with Gasteiger partial charge in [0, 0.05) is 6.54 Å². The first-order valence-electron chi connectivity index (χ1n) is 10.6. The summed E-state index contributed by atoms with van der Waals surface area (Å²) in [6, 6.07) is 14.5. The van der Waals surface area contributed by atoms with Crippen molar-refractivity contribution in [3.63, 3.8) is 0 Å². The fourth-order valence-electron chi connectivity index (χ4n) is 2.73. The number of aryl methyl sites for hydroxylation is 1. The zero-order chi connectivity index (χ0) is 23.7. The summed E-state index contributed by atoms with van der Waals surface area (Å²) in [5.41, 5.74) is 3.23. The molecule has 0 unspecified atom stereocenters. The molecule has 172 valence electrons. The lowest BCUT2D eigenvalue weighted by molar-refractivity contribution is -0.147. The number of hydrogen-bond donors (Lipinski definition) is 2. The van der Waals surface area contributed by atoms with Gasteiger partial charge in [0.2, 0.25) is 5.91 Å². The Morgan fingerprint density at radius 1 is 0.906 bits per heavy atom. The maximum atomic E-state index is 12.2. The molecule has 0 saturated carbocycles. The average molecular weight is 441 g/mol. The van der Waals surface area contributed by atoms with Gasteiger partial charge in [-0.05, 0) is 51.3 Å². The van der Waals surface area contributed by atoms with Crippen LogP contribution >= 0.6 is 0 Å². The molecule has 0 aliphatic rings. The monoisotopic (exact) mass is 440 g/mol. The molecule has 0 aromatic heterocycles. The third kappa shape index (κ3) is 9.20. The van der Waals surface area contributed by atoms with E-state index in [4.69, 9.17) is 9.47 Å². The van der Waals surface area contributed by atoms with E-state index in [9.17, 15) is 14.4 Å². The van der Waals surface area contributed by atoms with Gasteiger partial charge in [-0.25, -0.2) is 9.59 Å². The van der Waals surface area contributed by atoms with Gasteiger partial charge in [0.1, 0.15) is 18.2 Å². The summed E-state index contributed by atoms with van der Waals surface area (Å²) in [5.74, 6) is -0.623. The van der Waals surface area contributed by atoms with Crippen LogP contribution in [-0.4, -0.2) is 29.6 Å². The minimum atomic E-state index is -0.832. The highest BCUT2D eigenvalue weighted by molar-refractivity contribution is 5.81. The summed E-state index contributed by atoms with van der Waals surface area (Å²) < 4.78 is 10.4. The molecule has 1 atom stereocenters. The van der Waals surface area contributed by atoms with E-state index in [0.29, 0.717) is 6.54 Å². The molecule has 2 aromatic carbocycles. The molecule has 0 bridgehead atoms. The van der Waals surface area contributed by atoms with Crippen LogP contribution in [0.2, 0.25) is 0 Å². The number of carbonyl (C=O) groups excluding carboxylic acids is 3. The first kappa shape index (κ1) is 24.9. The number of ether oxygens (including phenoxy) is 2. The van der Waals surface area contributed by atoms with Crippen molar-refractivity contribution in [2.24, 2.45) is 0 Å². The lowest BCUT2D eigenvalue weighted by Gasteiger charge is -2.21. The first-order chi connectivity index (χ1) is 15.0. The molecule has 7 heteroatoms. The molecule has 0 spiro atoms. The molecule has 0 heterocycles. The van der Waals surface area contributed by atoms with E-state index < -0.39 is 23.7 Å². The van der Waals surface area contributed by atoms with Gasteiger partial charge in [0.25, 0.3) is 0 Å². The molecule has 0 radical (unpaired) electrons. The second-order valence-corrected chi connectivity index (χ2v) is 8.73. The topological polar surface area (TPSA) is 93.7 Å². The van der Waals surface area contributed by atoms with Crippen LogP contribution in [0.25, 0.3) is 0 Å². The van der Waals surface area contributed by atoms with Gasteiger partial charge in [0.15, 0.2) is 0 Å². The van der Waals surface area contributed by atoms with E-state index in [-0.39, 0.29) is 18.9 Å². The van der Waals surface area contributed by atoms with Gasteiger partial charge < -0.3 is 20.1 Å². The number of nitrogens with one attached hydrogen (secondary N) is 2. The minimum absolute atomic E-state index is 0.0632. The Morgan fingerprint density at radius 3 is 2.06 bits per heavy atom. The first-order valence-corrected chi connectivity index (χ1v) is 10.6. The molecule has 0 fully saturated rings. The Morgan fingerprint density at radius 2 is 1.47 bits per heavy atom. The van der Waals surface area contributed by atoms with Crippen LogP contribution in [0.1, 0.15) is 49.9 Å². The van der Waals surface area contributed by atoms with Crippen LogP contribution in [-0.2, 0) is 38.6 Å². The maximum absolute atomic E-state index is 12.2. The predicted octanol–water partition coefficient (Wildman–Crippen LogP) is 3.81. The number of hydrogen-bond acceptors (Lipinski definition) is 5. The van der Waals surface area contributed by atoms with Gasteiger partial charge in [0.05, 0.1) is 6.42 Å². The van der Waals surface area contributed by atoms with E-state index in [2.05, 4.69) is 10.6 Å². The summed E-state index contributed by atoms with van der Waals surface area (Å²) in [7, 11) is 0. The van der Waals surface area contributed by atoms with E-state index in [1.54, 1.807) is 20.8 Å². The number of rotatable bonds is 8. The molecule has 2 amide bonds. The van der Waals surface area contributed by atoms with Crippen LogP contribution in [0.5, 0.6) is 0 Å². The molecular formula is C25H32N2O5. The van der Waals surface area contributed by atoms with E-state index in [1.807, 2.05) is 55.5 Å². The van der Waals surface area contributed by atoms with Gasteiger partial charge in [-0.1, -0.05) is 54.1 Å². The van der Waals surface area contributed by atoms with Gasteiger partial charge in [-0.15, -0.1) is 0 Å². The highest BCUT2D eigenvalue weighted by atomic mass is 16.6. The van der Waals surface area contributed by atoms with E-state index in [1.165, 1.54) is 12.5 Å². The van der Waals surface area contributed by atoms with Crippen LogP contribution in [0.3, 0.4) is 0 Å². The maximum Gasteiger partial charge on any atom is 0.408 e. The van der Waals surface area contributed by atoms with Gasteiger partial charge in [-0.2, -0.15) is 0 Å². The second-order valence-electron chi connectivity index (χ2n) is 8.73. The quantitative estimate of drug-likeness (QED) is 0.609. The van der Waals surface area contributed by atoms with Crippen molar-refractivity contribution in [3.05, 3.63) is 70.8 Å². The van der Waals surface area contributed by atoms with Crippen LogP contribution < -0.4 is 10.6 Å². The standard InChI is InChI=1S/C25H32N2O5/c1-17-6-8-20(9-7-17)15-26-22(28)14-19-10-12-21(13-11-19)16-31-23(29)18(2)27-24(30)32-25(3,4)5/h6-13,18H,14-16H2,1-5H3,(H,26,28)(H,27,30)/t18-/m0/s1. The van der Waals surface area contributed by atoms with Crippen molar-refractivity contribution in [3.8, 4) is 0 Å². The van der Waals surface area contributed by atoms with Crippen molar-refractivity contribution in [2.45, 2.75) is 65.8 Å². The molecule has 32 heavy (non-hydrogen) atoms. The summed E-state index contributed by atoms with van der Waals surface area (Å²) in [6.07, 6.45) is -0.407. The number of esters is 1. The minimum Gasteiger partial charge on any atom is -0.459 e. The summed E-state index contributed by atoms with van der Waals surface area (Å²) >= 11 is 0.